The van der Waals surface area contributed by atoms with E-state index in [1.807, 2.05) is 18.7 Å². The van der Waals surface area contributed by atoms with Crippen LogP contribution in [-0.2, 0) is 6.42 Å². The first kappa shape index (κ1) is 21.2. The zero-order chi connectivity index (χ0) is 20.1. The number of carbonyl (C=O) groups excluding carboxylic acids is 2. The monoisotopic (exact) mass is 376 g/mol. The van der Waals surface area contributed by atoms with Gasteiger partial charge in [-0.2, -0.15) is 0 Å². The molecule has 8 nitrogen and oxygen atoms in total. The lowest BCUT2D eigenvalue weighted by atomic mass is 9.95. The summed E-state index contributed by atoms with van der Waals surface area (Å²) in [6.07, 6.45) is 1.69. The first-order valence-electron chi connectivity index (χ1n) is 9.65. The molecule has 1 aliphatic rings. The van der Waals surface area contributed by atoms with E-state index >= 15 is 0 Å². The summed E-state index contributed by atoms with van der Waals surface area (Å²) in [5, 5.41) is 8.03. The van der Waals surface area contributed by atoms with Gasteiger partial charge in [-0.1, -0.05) is 34.1 Å². The van der Waals surface area contributed by atoms with Gasteiger partial charge in [0.05, 0.1) is 0 Å². The zero-order valence-corrected chi connectivity index (χ0v) is 17.0. The van der Waals surface area contributed by atoms with Crippen LogP contribution in [0.25, 0.3) is 0 Å². The minimum atomic E-state index is -0.492. The number of aromatic nitrogens is 2. The van der Waals surface area contributed by atoms with Crippen molar-refractivity contribution in [2.24, 2.45) is 17.7 Å². The van der Waals surface area contributed by atoms with E-state index in [-0.39, 0.29) is 17.3 Å². The van der Waals surface area contributed by atoms with Gasteiger partial charge in [-0.3, -0.25) is 19.9 Å². The second-order valence-electron chi connectivity index (χ2n) is 7.86. The second-order valence-corrected chi connectivity index (χ2v) is 7.86. The Labute approximate surface area is 161 Å². The van der Waals surface area contributed by atoms with Crippen molar-refractivity contribution in [3.63, 3.8) is 0 Å². The number of rotatable bonds is 6. The number of hydrogen-bond acceptors (Lipinski definition) is 6. The van der Waals surface area contributed by atoms with E-state index in [1.165, 1.54) is 0 Å². The summed E-state index contributed by atoms with van der Waals surface area (Å²) < 4.78 is 0. The van der Waals surface area contributed by atoms with Gasteiger partial charge in [0, 0.05) is 25.7 Å². The van der Waals surface area contributed by atoms with E-state index in [9.17, 15) is 9.59 Å². The van der Waals surface area contributed by atoms with Crippen LogP contribution in [0.3, 0.4) is 0 Å². The third-order valence-electron chi connectivity index (χ3n) is 5.35. The highest BCUT2D eigenvalue weighted by molar-refractivity contribution is 5.96. The van der Waals surface area contributed by atoms with Crippen molar-refractivity contribution in [2.45, 2.75) is 46.6 Å². The van der Waals surface area contributed by atoms with Crippen LogP contribution in [0, 0.1) is 11.8 Å². The largest absolute Gasteiger partial charge is 0.334 e. The highest BCUT2D eigenvalue weighted by Gasteiger charge is 2.31. The van der Waals surface area contributed by atoms with Gasteiger partial charge in [-0.05, 0) is 36.9 Å². The van der Waals surface area contributed by atoms with E-state index < -0.39 is 5.91 Å². The molecule has 1 fully saturated rings. The summed E-state index contributed by atoms with van der Waals surface area (Å²) in [5.41, 5.74) is 3.25. The third-order valence-corrected chi connectivity index (χ3v) is 5.35. The minimum absolute atomic E-state index is 0.131. The highest BCUT2D eigenvalue weighted by atomic mass is 16.2. The maximum atomic E-state index is 13.0. The molecule has 0 aromatic carbocycles. The van der Waals surface area contributed by atoms with E-state index in [0.717, 1.165) is 13.0 Å². The van der Waals surface area contributed by atoms with Gasteiger partial charge in [0.2, 0.25) is 0 Å². The number of hydrogen-bond donors (Lipinski definition) is 2. The van der Waals surface area contributed by atoms with Crippen molar-refractivity contribution >= 4 is 11.8 Å². The molecule has 2 atom stereocenters. The van der Waals surface area contributed by atoms with Crippen LogP contribution in [0.4, 0.5) is 0 Å². The van der Waals surface area contributed by atoms with E-state index in [0.29, 0.717) is 43.0 Å². The molecule has 3 N–H and O–H groups in total. The van der Waals surface area contributed by atoms with Crippen molar-refractivity contribution < 1.29 is 9.59 Å². The molecular formula is C19H32N6O2. The first-order chi connectivity index (χ1) is 12.8. The predicted octanol–water partition coefficient (Wildman–Crippen LogP) is 1.08. The molecule has 8 heteroatoms. The number of nitrogens with zero attached hydrogens (tertiary/aromatic N) is 4. The Hall–Kier alpha value is -2.06. The molecule has 1 aromatic heterocycles. The maximum Gasteiger partial charge on any atom is 0.285 e. The molecule has 0 bridgehead atoms. The molecular weight excluding hydrogens is 344 g/mol. The summed E-state index contributed by atoms with van der Waals surface area (Å²) in [6, 6.07) is 2.02. The zero-order valence-electron chi connectivity index (χ0n) is 17.0. The molecule has 2 heterocycles. The van der Waals surface area contributed by atoms with Crippen LogP contribution in [0.5, 0.6) is 0 Å². The molecule has 2 rings (SSSR count). The van der Waals surface area contributed by atoms with Crippen LogP contribution in [0.15, 0.2) is 6.07 Å². The van der Waals surface area contributed by atoms with Gasteiger partial charge in [-0.15, -0.1) is 10.2 Å². The lowest BCUT2D eigenvalue weighted by Gasteiger charge is -2.42. The number of piperazine rings is 1. The average molecular weight is 377 g/mol. The molecule has 27 heavy (non-hydrogen) atoms. The highest BCUT2D eigenvalue weighted by Crippen LogP contribution is 2.20. The Bertz CT molecular complexity index is 674. The van der Waals surface area contributed by atoms with Gasteiger partial charge in [0.15, 0.2) is 11.4 Å². The second kappa shape index (κ2) is 9.23. The van der Waals surface area contributed by atoms with E-state index in [4.69, 9.17) is 5.84 Å². The van der Waals surface area contributed by atoms with Crippen molar-refractivity contribution in [1.29, 1.82) is 0 Å². The van der Waals surface area contributed by atoms with Gasteiger partial charge in [-0.25, -0.2) is 5.84 Å². The van der Waals surface area contributed by atoms with Crippen molar-refractivity contribution in [2.75, 3.05) is 26.7 Å². The SMILES string of the molecule is CCC(C)C1CN(C(=O)c2cc(CC(C)C)c(C(=O)NN)nn2)CCN1C. The molecule has 150 valence electrons. The normalized spacial score (nSPS) is 19.2. The molecule has 0 spiro atoms. The summed E-state index contributed by atoms with van der Waals surface area (Å²) >= 11 is 0. The lowest BCUT2D eigenvalue weighted by molar-refractivity contribution is 0.0435. The third kappa shape index (κ3) is 5.01. The topological polar surface area (TPSA) is 104 Å². The quantitative estimate of drug-likeness (QED) is 0.437. The molecule has 2 amide bonds. The Morgan fingerprint density at radius 3 is 2.59 bits per heavy atom. The molecule has 0 aliphatic carbocycles. The Kier molecular flexibility index (Phi) is 7.26. The fourth-order valence-electron chi connectivity index (χ4n) is 3.52. The molecule has 1 saturated heterocycles. The average Bonchev–Trinajstić information content (AvgIpc) is 2.66. The van der Waals surface area contributed by atoms with Gasteiger partial charge < -0.3 is 4.90 Å². The summed E-state index contributed by atoms with van der Waals surface area (Å²) in [7, 11) is 2.11. The van der Waals surface area contributed by atoms with Gasteiger partial charge >= 0.3 is 0 Å². The number of amides is 2. The van der Waals surface area contributed by atoms with Crippen LogP contribution in [0.1, 0.15) is 60.7 Å². The standard InChI is InChI=1S/C19H32N6O2/c1-6-13(4)16-11-25(8-7-24(16)5)19(27)15-10-14(9-12(2)3)17(23-22-15)18(26)21-20/h10,12-13,16H,6-9,11,20H2,1-5H3,(H,21,26). The summed E-state index contributed by atoms with van der Waals surface area (Å²) in [6.45, 7) is 10.7. The predicted molar refractivity (Wildman–Crippen MR) is 104 cm³/mol. The number of carbonyl (C=O) groups is 2. The lowest BCUT2D eigenvalue weighted by Crippen LogP contribution is -2.55. The number of hydrazine groups is 1. The Morgan fingerprint density at radius 2 is 2.00 bits per heavy atom. The molecule has 0 saturated carbocycles. The minimum Gasteiger partial charge on any atom is -0.334 e. The number of nitrogens with two attached hydrogens (primary N) is 1. The number of likely N-dealkylation sites (N-methyl/N-ethyl adjacent to an activating group) is 1. The molecule has 1 aliphatic heterocycles. The van der Waals surface area contributed by atoms with Gasteiger partial charge in [0.25, 0.3) is 11.8 Å². The Morgan fingerprint density at radius 1 is 1.30 bits per heavy atom. The van der Waals surface area contributed by atoms with Gasteiger partial charge in [0.1, 0.15) is 0 Å². The van der Waals surface area contributed by atoms with Crippen LogP contribution < -0.4 is 11.3 Å². The number of nitrogen functional groups attached to an aromatic ring is 1. The van der Waals surface area contributed by atoms with Crippen LogP contribution >= 0.6 is 0 Å². The smallest absolute Gasteiger partial charge is 0.285 e. The number of nitrogens with one attached hydrogen (secondary N) is 1. The Balaban J connectivity index is 2.26. The van der Waals surface area contributed by atoms with Crippen molar-refractivity contribution in [3.8, 4) is 0 Å². The van der Waals surface area contributed by atoms with E-state index in [1.54, 1.807) is 6.07 Å². The molecule has 2 unspecified atom stereocenters. The first-order valence-corrected chi connectivity index (χ1v) is 9.65. The molecule has 0 radical (unpaired) electrons. The van der Waals surface area contributed by atoms with Crippen molar-refractivity contribution in [1.82, 2.24) is 25.4 Å². The fourth-order valence-corrected chi connectivity index (χ4v) is 3.52. The van der Waals surface area contributed by atoms with Crippen LogP contribution in [-0.4, -0.2) is 64.5 Å². The van der Waals surface area contributed by atoms with Crippen molar-refractivity contribution in [3.05, 3.63) is 23.0 Å². The molecule has 1 aromatic rings. The van der Waals surface area contributed by atoms with E-state index in [2.05, 4.69) is 41.4 Å². The maximum absolute atomic E-state index is 13.0. The summed E-state index contributed by atoms with van der Waals surface area (Å²) in [4.78, 5) is 29.1. The van der Waals surface area contributed by atoms with Crippen LogP contribution in [0.2, 0.25) is 0 Å². The fraction of sp³-hybridized carbons (Fsp3) is 0.684. The summed E-state index contributed by atoms with van der Waals surface area (Å²) in [5.74, 6) is 5.43.